The molecule has 2 saturated heterocycles. The van der Waals surface area contributed by atoms with E-state index >= 15 is 0 Å². The van der Waals surface area contributed by atoms with Crippen LogP contribution in [0.25, 0.3) is 0 Å². The van der Waals surface area contributed by atoms with Crippen LogP contribution in [0.15, 0.2) is 0 Å². The van der Waals surface area contributed by atoms with Crippen molar-refractivity contribution in [3.63, 3.8) is 0 Å². The van der Waals surface area contributed by atoms with Crippen LogP contribution in [0.1, 0.15) is 32.6 Å². The minimum atomic E-state index is -0.416. The summed E-state index contributed by atoms with van der Waals surface area (Å²) in [5.41, 5.74) is 5.36. The van der Waals surface area contributed by atoms with E-state index in [2.05, 4.69) is 4.90 Å². The number of nitrogens with zero attached hydrogens (tertiary/aromatic N) is 2. The number of rotatable bonds is 5. The maximum Gasteiger partial charge on any atom is 0.240 e. The molecule has 102 valence electrons. The van der Waals surface area contributed by atoms with Crippen LogP contribution in [-0.4, -0.2) is 53.8 Å². The first-order chi connectivity index (χ1) is 8.61. The molecule has 18 heavy (non-hydrogen) atoms. The summed E-state index contributed by atoms with van der Waals surface area (Å²) in [5, 5.41) is 0. The maximum absolute atomic E-state index is 12.0. The molecule has 0 bridgehead atoms. The van der Waals surface area contributed by atoms with Gasteiger partial charge in [0.25, 0.3) is 0 Å². The zero-order valence-electron chi connectivity index (χ0n) is 11.1. The molecule has 5 nitrogen and oxygen atoms in total. The predicted molar refractivity (Wildman–Crippen MR) is 68.8 cm³/mol. The van der Waals surface area contributed by atoms with Gasteiger partial charge in [0.1, 0.15) is 6.04 Å². The minimum Gasteiger partial charge on any atom is -0.368 e. The van der Waals surface area contributed by atoms with E-state index in [0.717, 1.165) is 19.6 Å². The second-order valence-electron chi connectivity index (χ2n) is 5.45. The van der Waals surface area contributed by atoms with Gasteiger partial charge in [-0.1, -0.05) is 6.92 Å². The van der Waals surface area contributed by atoms with E-state index in [1.807, 2.05) is 6.92 Å². The van der Waals surface area contributed by atoms with Crippen molar-refractivity contribution in [2.75, 3.05) is 26.2 Å². The lowest BCUT2D eigenvalue weighted by Crippen LogP contribution is -2.45. The molecule has 0 aromatic heterocycles. The first-order valence-electron chi connectivity index (χ1n) is 6.93. The lowest BCUT2D eigenvalue weighted by molar-refractivity contribution is -0.136. The van der Waals surface area contributed by atoms with Crippen LogP contribution in [-0.2, 0) is 9.59 Å². The van der Waals surface area contributed by atoms with Crippen LogP contribution in [0, 0.1) is 5.92 Å². The van der Waals surface area contributed by atoms with Crippen LogP contribution in [0.2, 0.25) is 0 Å². The van der Waals surface area contributed by atoms with E-state index in [-0.39, 0.29) is 11.8 Å². The maximum atomic E-state index is 12.0. The van der Waals surface area contributed by atoms with Crippen molar-refractivity contribution < 1.29 is 9.59 Å². The van der Waals surface area contributed by atoms with Crippen molar-refractivity contribution in [2.24, 2.45) is 11.7 Å². The van der Waals surface area contributed by atoms with Crippen LogP contribution in [0.3, 0.4) is 0 Å². The van der Waals surface area contributed by atoms with Gasteiger partial charge < -0.3 is 15.5 Å². The molecule has 2 amide bonds. The van der Waals surface area contributed by atoms with E-state index < -0.39 is 6.04 Å². The minimum absolute atomic E-state index is 0.0878. The summed E-state index contributed by atoms with van der Waals surface area (Å²) in [6.45, 7) is 5.88. The summed E-state index contributed by atoms with van der Waals surface area (Å²) in [4.78, 5) is 27.4. The summed E-state index contributed by atoms with van der Waals surface area (Å²) < 4.78 is 0. The molecule has 2 rings (SSSR count). The molecule has 0 radical (unpaired) electrons. The van der Waals surface area contributed by atoms with Crippen molar-refractivity contribution >= 4 is 11.8 Å². The first-order valence-corrected chi connectivity index (χ1v) is 6.93. The van der Waals surface area contributed by atoms with Crippen LogP contribution >= 0.6 is 0 Å². The highest BCUT2D eigenvalue weighted by Crippen LogP contribution is 2.23. The van der Waals surface area contributed by atoms with Gasteiger partial charge in [-0.05, 0) is 38.3 Å². The van der Waals surface area contributed by atoms with Crippen LogP contribution in [0.4, 0.5) is 0 Å². The third kappa shape index (κ3) is 2.83. The molecule has 2 fully saturated rings. The number of carbonyl (C=O) groups is 2. The highest BCUT2D eigenvalue weighted by Gasteiger charge is 2.36. The third-order valence-corrected chi connectivity index (χ3v) is 4.04. The highest BCUT2D eigenvalue weighted by atomic mass is 16.2. The van der Waals surface area contributed by atoms with Gasteiger partial charge in [0.05, 0.1) is 0 Å². The Kier molecular flexibility index (Phi) is 4.22. The summed E-state index contributed by atoms with van der Waals surface area (Å²) in [7, 11) is 0. The number of amides is 2. The molecule has 0 aromatic carbocycles. The predicted octanol–water partition coefficient (Wildman–Crippen LogP) is 0.195. The fraction of sp³-hybridized carbons (Fsp3) is 0.846. The van der Waals surface area contributed by atoms with E-state index in [1.165, 1.54) is 12.8 Å². The zero-order chi connectivity index (χ0) is 13.1. The van der Waals surface area contributed by atoms with Gasteiger partial charge in [-0.2, -0.15) is 0 Å². The Morgan fingerprint density at radius 2 is 2.11 bits per heavy atom. The Hall–Kier alpha value is -1.10. The lowest BCUT2D eigenvalue weighted by Gasteiger charge is -2.25. The second-order valence-corrected chi connectivity index (χ2v) is 5.45. The molecule has 2 N–H and O–H groups in total. The Balaban J connectivity index is 1.91. The zero-order valence-corrected chi connectivity index (χ0v) is 11.1. The average Bonchev–Trinajstić information content (AvgIpc) is 2.91. The topological polar surface area (TPSA) is 66.6 Å². The number of primary amides is 1. The molecule has 2 atom stereocenters. The van der Waals surface area contributed by atoms with Gasteiger partial charge in [-0.3, -0.25) is 9.59 Å². The second kappa shape index (κ2) is 5.69. The number of carbonyl (C=O) groups excluding carboxylic acids is 2. The van der Waals surface area contributed by atoms with Crippen LogP contribution < -0.4 is 5.73 Å². The molecular formula is C13H23N3O2. The molecule has 0 spiro atoms. The number of hydrogen-bond donors (Lipinski definition) is 1. The Bertz CT molecular complexity index is 326. The van der Waals surface area contributed by atoms with Gasteiger partial charge in [-0.15, -0.1) is 0 Å². The lowest BCUT2D eigenvalue weighted by atomic mass is 10.1. The van der Waals surface area contributed by atoms with Gasteiger partial charge in [0.2, 0.25) is 11.8 Å². The van der Waals surface area contributed by atoms with Gasteiger partial charge >= 0.3 is 0 Å². The number of nitrogens with two attached hydrogens (primary N) is 1. The molecule has 2 aliphatic heterocycles. The summed E-state index contributed by atoms with van der Waals surface area (Å²) in [6, 6.07) is -0.416. The Labute approximate surface area is 108 Å². The summed E-state index contributed by atoms with van der Waals surface area (Å²) >= 11 is 0. The van der Waals surface area contributed by atoms with Gasteiger partial charge in [-0.25, -0.2) is 0 Å². The number of hydrogen-bond acceptors (Lipinski definition) is 3. The van der Waals surface area contributed by atoms with Crippen molar-refractivity contribution in [1.29, 1.82) is 0 Å². The van der Waals surface area contributed by atoms with Crippen molar-refractivity contribution in [3.8, 4) is 0 Å². The first kappa shape index (κ1) is 13.3. The van der Waals surface area contributed by atoms with Crippen molar-refractivity contribution in [1.82, 2.24) is 9.80 Å². The normalized spacial score (nSPS) is 26.8. The Morgan fingerprint density at radius 3 is 2.67 bits per heavy atom. The van der Waals surface area contributed by atoms with E-state index in [0.29, 0.717) is 25.3 Å². The largest absolute Gasteiger partial charge is 0.368 e. The molecule has 0 aromatic rings. The van der Waals surface area contributed by atoms with Gasteiger partial charge in [0.15, 0.2) is 0 Å². The molecule has 0 aliphatic carbocycles. The smallest absolute Gasteiger partial charge is 0.240 e. The Morgan fingerprint density at radius 1 is 1.44 bits per heavy atom. The molecule has 0 unspecified atom stereocenters. The number of likely N-dealkylation sites (tertiary alicyclic amines) is 2. The van der Waals surface area contributed by atoms with Crippen LogP contribution in [0.5, 0.6) is 0 Å². The van der Waals surface area contributed by atoms with Gasteiger partial charge in [0, 0.05) is 19.5 Å². The van der Waals surface area contributed by atoms with E-state index in [1.54, 1.807) is 4.90 Å². The summed E-state index contributed by atoms with van der Waals surface area (Å²) in [6.07, 6.45) is 3.71. The van der Waals surface area contributed by atoms with E-state index in [4.69, 9.17) is 5.73 Å². The third-order valence-electron chi connectivity index (χ3n) is 4.04. The molecule has 0 saturated carbocycles. The monoisotopic (exact) mass is 253 g/mol. The fourth-order valence-corrected chi connectivity index (χ4v) is 3.14. The quantitative estimate of drug-likeness (QED) is 0.761. The SMILES string of the molecule is CC[C@@H](C(N)=O)N1C[C@H](CN2CCCC2)CC1=O. The van der Waals surface area contributed by atoms with Crippen molar-refractivity contribution in [2.45, 2.75) is 38.6 Å². The standard InChI is InChI=1S/C13H23N3O2/c1-2-11(13(14)18)16-9-10(7-12(16)17)8-15-5-3-4-6-15/h10-11H,2-9H2,1H3,(H2,14,18)/t10-,11-/m0/s1. The van der Waals surface area contributed by atoms with Crippen molar-refractivity contribution in [3.05, 3.63) is 0 Å². The highest BCUT2D eigenvalue weighted by molar-refractivity contribution is 5.87. The molecule has 2 heterocycles. The molecule has 5 heteroatoms. The van der Waals surface area contributed by atoms with E-state index in [9.17, 15) is 9.59 Å². The summed E-state index contributed by atoms with van der Waals surface area (Å²) in [5.74, 6) is 0.0709. The fourth-order valence-electron chi connectivity index (χ4n) is 3.14. The molecule has 2 aliphatic rings. The molecular weight excluding hydrogens is 230 g/mol. The average molecular weight is 253 g/mol.